The van der Waals surface area contributed by atoms with Crippen molar-refractivity contribution in [1.29, 1.82) is 0 Å². The maximum atomic E-state index is 12.8. The number of pyridine rings is 1. The Bertz CT molecular complexity index is 1190. The first kappa shape index (κ1) is 22.2. The minimum Gasteiger partial charge on any atom is -0.457 e. The monoisotopic (exact) mass is 462 g/mol. The molecule has 2 aliphatic rings. The highest BCUT2D eigenvalue weighted by Gasteiger charge is 2.27. The fourth-order valence-electron chi connectivity index (χ4n) is 4.52. The summed E-state index contributed by atoms with van der Waals surface area (Å²) in [5, 5.41) is 14.9. The van der Waals surface area contributed by atoms with E-state index in [-0.39, 0.29) is 18.5 Å². The van der Waals surface area contributed by atoms with Gasteiger partial charge in [0, 0.05) is 44.5 Å². The molecule has 1 amide bonds. The van der Waals surface area contributed by atoms with Crippen LogP contribution in [0.5, 0.6) is 0 Å². The third-order valence-corrected chi connectivity index (χ3v) is 6.54. The lowest BCUT2D eigenvalue weighted by molar-refractivity contribution is -0.132. The zero-order valence-corrected chi connectivity index (χ0v) is 18.9. The Balaban J connectivity index is 1.13. The molecule has 1 aromatic carbocycles. The number of esters is 1. The van der Waals surface area contributed by atoms with Crippen molar-refractivity contribution in [2.24, 2.45) is 0 Å². The Morgan fingerprint density at radius 1 is 1.18 bits per heavy atom. The first-order valence-electron chi connectivity index (χ1n) is 11.3. The summed E-state index contributed by atoms with van der Waals surface area (Å²) in [6.45, 7) is 5.27. The Kier molecular flexibility index (Phi) is 6.08. The molecule has 0 aliphatic carbocycles. The first-order valence-corrected chi connectivity index (χ1v) is 11.3. The number of hydrogen-bond donors (Lipinski definition) is 1. The Hall–Kier alpha value is -3.63. The van der Waals surface area contributed by atoms with Crippen LogP contribution < -0.4 is 0 Å². The van der Waals surface area contributed by atoms with Gasteiger partial charge in [-0.05, 0) is 35.7 Å². The van der Waals surface area contributed by atoms with Gasteiger partial charge in [0.15, 0.2) is 5.82 Å². The number of ether oxygens (including phenoxy) is 1. The van der Waals surface area contributed by atoms with Gasteiger partial charge in [0.2, 0.25) is 5.91 Å². The highest BCUT2D eigenvalue weighted by atomic mass is 16.5. The second-order valence-electron chi connectivity index (χ2n) is 8.62. The zero-order valence-electron chi connectivity index (χ0n) is 18.9. The number of piperazine rings is 1. The van der Waals surface area contributed by atoms with Crippen LogP contribution in [0.15, 0.2) is 43.1 Å². The standard InChI is InChI=1S/C24H26N6O4/c1-16-18(3-4-19-20(16)13-34-24(19)33)21(31)12-28-6-8-29(9-7-28)23(32)10-17-2-5-22(26-11-17)30-15-25-14-27-30/h2-5,11,14-15,21,31H,6-10,12-13H2,1H3. The van der Waals surface area contributed by atoms with Gasteiger partial charge in [0.05, 0.1) is 18.1 Å². The number of aliphatic hydroxyl groups is 1. The number of benzene rings is 1. The Morgan fingerprint density at radius 3 is 2.71 bits per heavy atom. The van der Waals surface area contributed by atoms with Crippen LogP contribution in [0.1, 0.15) is 38.7 Å². The van der Waals surface area contributed by atoms with E-state index in [9.17, 15) is 14.7 Å². The van der Waals surface area contributed by atoms with Gasteiger partial charge < -0.3 is 14.7 Å². The van der Waals surface area contributed by atoms with Crippen molar-refractivity contribution in [1.82, 2.24) is 29.5 Å². The number of aromatic nitrogens is 4. The van der Waals surface area contributed by atoms with E-state index in [0.717, 1.165) is 22.3 Å². The van der Waals surface area contributed by atoms with Gasteiger partial charge in [0.1, 0.15) is 19.3 Å². The second kappa shape index (κ2) is 9.32. The quantitative estimate of drug-likeness (QED) is 0.541. The molecule has 0 radical (unpaired) electrons. The van der Waals surface area contributed by atoms with Crippen LogP contribution in [0, 0.1) is 6.92 Å². The molecule has 0 saturated carbocycles. The molecule has 2 aromatic heterocycles. The highest BCUT2D eigenvalue weighted by Crippen LogP contribution is 2.29. The third kappa shape index (κ3) is 4.42. The normalized spacial score (nSPS) is 16.9. The summed E-state index contributed by atoms with van der Waals surface area (Å²) in [6, 6.07) is 7.25. The molecular weight excluding hydrogens is 436 g/mol. The summed E-state index contributed by atoms with van der Waals surface area (Å²) in [5.41, 5.74) is 4.02. The molecule has 3 aromatic rings. The number of amides is 1. The maximum Gasteiger partial charge on any atom is 0.338 e. The Morgan fingerprint density at radius 2 is 2.00 bits per heavy atom. The van der Waals surface area contributed by atoms with E-state index in [1.54, 1.807) is 23.3 Å². The summed E-state index contributed by atoms with van der Waals surface area (Å²) in [7, 11) is 0. The molecule has 0 bridgehead atoms. The number of fused-ring (bicyclic) bond motifs is 1. The summed E-state index contributed by atoms with van der Waals surface area (Å²) < 4.78 is 6.68. The van der Waals surface area contributed by atoms with Gasteiger partial charge >= 0.3 is 5.97 Å². The van der Waals surface area contributed by atoms with Crippen LogP contribution in [-0.2, 0) is 22.6 Å². The smallest absolute Gasteiger partial charge is 0.338 e. The second-order valence-corrected chi connectivity index (χ2v) is 8.62. The van der Waals surface area contributed by atoms with Crippen molar-refractivity contribution in [2.75, 3.05) is 32.7 Å². The van der Waals surface area contributed by atoms with Crippen molar-refractivity contribution in [2.45, 2.75) is 26.1 Å². The predicted octanol–water partition coefficient (Wildman–Crippen LogP) is 1.06. The van der Waals surface area contributed by atoms with Crippen LogP contribution in [0.3, 0.4) is 0 Å². The number of aliphatic hydroxyl groups excluding tert-OH is 1. The highest BCUT2D eigenvalue weighted by molar-refractivity contribution is 5.94. The molecule has 1 saturated heterocycles. The van der Waals surface area contributed by atoms with E-state index in [1.807, 2.05) is 30.0 Å². The van der Waals surface area contributed by atoms with Crippen molar-refractivity contribution in [3.63, 3.8) is 0 Å². The van der Waals surface area contributed by atoms with Gasteiger partial charge in [-0.3, -0.25) is 9.69 Å². The van der Waals surface area contributed by atoms with Crippen LogP contribution in [0.2, 0.25) is 0 Å². The molecule has 0 spiro atoms. The van der Waals surface area contributed by atoms with Crippen molar-refractivity contribution < 1.29 is 19.4 Å². The number of nitrogens with zero attached hydrogens (tertiary/aromatic N) is 6. The number of cyclic esters (lactones) is 1. The molecule has 1 N–H and O–H groups in total. The molecule has 1 fully saturated rings. The van der Waals surface area contributed by atoms with Crippen LogP contribution in [0.4, 0.5) is 0 Å². The predicted molar refractivity (Wildman–Crippen MR) is 121 cm³/mol. The molecule has 34 heavy (non-hydrogen) atoms. The van der Waals surface area contributed by atoms with E-state index < -0.39 is 6.10 Å². The minimum atomic E-state index is -0.669. The van der Waals surface area contributed by atoms with Crippen LogP contribution in [-0.4, -0.2) is 79.3 Å². The molecule has 1 atom stereocenters. The molecule has 176 valence electrons. The molecule has 10 heteroatoms. The number of hydrogen-bond acceptors (Lipinski definition) is 8. The first-order chi connectivity index (χ1) is 16.5. The fourth-order valence-corrected chi connectivity index (χ4v) is 4.52. The number of carbonyl (C=O) groups excluding carboxylic acids is 2. The topological polar surface area (TPSA) is 114 Å². The molecule has 2 aliphatic heterocycles. The SMILES string of the molecule is Cc1c(C(O)CN2CCN(C(=O)Cc3ccc(-n4cncn4)nc3)CC2)ccc2c1COC2=O. The van der Waals surface area contributed by atoms with Crippen LogP contribution in [0.25, 0.3) is 5.82 Å². The number of β-amino-alcohol motifs (C(OH)–C–C–N with tert-alkyl or cyclic N) is 1. The number of carbonyl (C=O) groups is 2. The number of rotatable bonds is 6. The molecule has 4 heterocycles. The third-order valence-electron chi connectivity index (χ3n) is 6.54. The van der Waals surface area contributed by atoms with Crippen molar-refractivity contribution in [3.05, 3.63) is 70.9 Å². The van der Waals surface area contributed by atoms with E-state index >= 15 is 0 Å². The minimum absolute atomic E-state index is 0.0645. The van der Waals surface area contributed by atoms with Gasteiger partial charge in [-0.25, -0.2) is 19.4 Å². The van der Waals surface area contributed by atoms with Crippen LogP contribution >= 0.6 is 0 Å². The zero-order chi connectivity index (χ0) is 23.7. The average molecular weight is 463 g/mol. The molecule has 1 unspecified atom stereocenters. The molecule has 5 rings (SSSR count). The summed E-state index contributed by atoms with van der Waals surface area (Å²) >= 11 is 0. The largest absolute Gasteiger partial charge is 0.457 e. The summed E-state index contributed by atoms with van der Waals surface area (Å²) in [5.74, 6) is 0.412. The van der Waals surface area contributed by atoms with Crippen molar-refractivity contribution >= 4 is 11.9 Å². The van der Waals surface area contributed by atoms with E-state index in [0.29, 0.717) is 50.5 Å². The van der Waals surface area contributed by atoms with Gasteiger partial charge in [-0.2, -0.15) is 5.10 Å². The lowest BCUT2D eigenvalue weighted by atomic mass is 9.95. The van der Waals surface area contributed by atoms with E-state index in [1.165, 1.54) is 6.33 Å². The van der Waals surface area contributed by atoms with E-state index in [2.05, 4.69) is 20.0 Å². The van der Waals surface area contributed by atoms with E-state index in [4.69, 9.17) is 4.74 Å². The van der Waals surface area contributed by atoms with Gasteiger partial charge in [0.25, 0.3) is 0 Å². The van der Waals surface area contributed by atoms with Gasteiger partial charge in [-0.15, -0.1) is 0 Å². The van der Waals surface area contributed by atoms with Crippen molar-refractivity contribution in [3.8, 4) is 5.82 Å². The Labute approximate surface area is 196 Å². The van der Waals surface area contributed by atoms with Gasteiger partial charge in [-0.1, -0.05) is 12.1 Å². The molecule has 10 nitrogen and oxygen atoms in total. The fraction of sp³-hybridized carbons (Fsp3) is 0.375. The summed E-state index contributed by atoms with van der Waals surface area (Å²) in [4.78, 5) is 36.8. The summed E-state index contributed by atoms with van der Waals surface area (Å²) in [6.07, 6.45) is 4.34. The maximum absolute atomic E-state index is 12.8. The lowest BCUT2D eigenvalue weighted by Gasteiger charge is -2.36. The molecular formula is C24H26N6O4. The lowest BCUT2D eigenvalue weighted by Crippen LogP contribution is -2.50. The average Bonchev–Trinajstić information content (AvgIpc) is 3.51.